The van der Waals surface area contributed by atoms with Crippen LogP contribution in [0.4, 0.5) is 0 Å². The number of hydrogen-bond acceptors (Lipinski definition) is 6. The summed E-state index contributed by atoms with van der Waals surface area (Å²) in [7, 11) is 0. The first kappa shape index (κ1) is 38.2. The van der Waals surface area contributed by atoms with Crippen molar-refractivity contribution in [2.45, 2.75) is 53.9 Å². The van der Waals surface area contributed by atoms with Crippen molar-refractivity contribution in [2.24, 2.45) is 5.92 Å². The Balaban J connectivity index is -0.0000000900. The predicted octanol–water partition coefficient (Wildman–Crippen LogP) is 2.72. The number of carboxylic acids is 3. The molecule has 0 aromatic rings. The maximum atomic E-state index is 9.60. The highest BCUT2D eigenvalue weighted by molar-refractivity contribution is 5.85. The highest BCUT2D eigenvalue weighted by atomic mass is 16.4. The quantitative estimate of drug-likeness (QED) is 0.313. The maximum Gasteiger partial charge on any atom is 0.330 e. The molecule has 9 nitrogen and oxygen atoms in total. The van der Waals surface area contributed by atoms with Crippen LogP contribution in [0.25, 0.3) is 0 Å². The highest BCUT2D eigenvalue weighted by Crippen LogP contribution is 2.02. The van der Waals surface area contributed by atoms with Crippen molar-refractivity contribution in [3.8, 4) is 0 Å². The molecule has 9 heteroatoms. The molecule has 0 aliphatic rings. The lowest BCUT2D eigenvalue weighted by molar-refractivity contribution is -0.133. The van der Waals surface area contributed by atoms with Crippen LogP contribution in [0.5, 0.6) is 0 Å². The Kier molecular flexibility index (Phi) is 36.5. The molecule has 0 unspecified atom stereocenters. The van der Waals surface area contributed by atoms with E-state index in [4.69, 9.17) is 30.6 Å². The van der Waals surface area contributed by atoms with E-state index in [1.54, 1.807) is 0 Å². The molecule has 0 saturated carbocycles. The van der Waals surface area contributed by atoms with Crippen molar-refractivity contribution in [3.05, 3.63) is 36.5 Å². The van der Waals surface area contributed by atoms with Gasteiger partial charge in [-0.15, -0.1) is 0 Å². The minimum atomic E-state index is -0.935. The van der Waals surface area contributed by atoms with Crippen LogP contribution >= 0.6 is 0 Å². The van der Waals surface area contributed by atoms with Crippen LogP contribution in [-0.4, -0.2) is 68.4 Å². The Morgan fingerprint density at radius 3 is 1.00 bits per heavy atom. The van der Waals surface area contributed by atoms with E-state index in [0.717, 1.165) is 0 Å². The number of carbonyl (C=O) groups is 3. The van der Waals surface area contributed by atoms with Gasteiger partial charge in [-0.2, -0.15) is 0 Å². The zero-order chi connectivity index (χ0) is 25.3. The van der Waals surface area contributed by atoms with E-state index in [9.17, 15) is 14.4 Å². The van der Waals surface area contributed by atoms with Gasteiger partial charge in [-0.1, -0.05) is 40.0 Å². The highest BCUT2D eigenvalue weighted by Gasteiger charge is 2.03. The monoisotopic (exact) mass is 436 g/mol. The molecule has 0 fully saturated rings. The second kappa shape index (κ2) is 28.7. The summed E-state index contributed by atoms with van der Waals surface area (Å²) in [5.74, 6) is -2.85. The van der Waals surface area contributed by atoms with E-state index in [1.807, 2.05) is 0 Å². The van der Waals surface area contributed by atoms with Gasteiger partial charge in [0.2, 0.25) is 0 Å². The molecule has 178 valence electrons. The fraction of sp³-hybridized carbons (Fsp3) is 0.571. The fourth-order valence-corrected chi connectivity index (χ4v) is 0.620. The van der Waals surface area contributed by atoms with Gasteiger partial charge in [0.05, 0.1) is 0 Å². The molecule has 0 bridgehead atoms. The Morgan fingerprint density at radius 2 is 0.900 bits per heavy atom. The Hall–Kier alpha value is -2.49. The zero-order valence-electron chi connectivity index (χ0n) is 18.8. The van der Waals surface area contributed by atoms with E-state index in [1.165, 1.54) is 27.2 Å². The number of aliphatic hydroxyl groups excluding tert-OH is 3. The van der Waals surface area contributed by atoms with Gasteiger partial charge in [-0.05, 0) is 33.6 Å². The van der Waals surface area contributed by atoms with Crippen LogP contribution in [0.3, 0.4) is 0 Å². The third kappa shape index (κ3) is 50.0. The molecule has 0 aromatic heterocycles. The average molecular weight is 437 g/mol. The molecule has 0 aromatic carbocycles. The minimum absolute atomic E-state index is 0.0104. The normalized spacial score (nSPS) is 8.30. The average Bonchev–Trinajstić information content (AvgIpc) is 2.64. The van der Waals surface area contributed by atoms with E-state index in [0.29, 0.717) is 12.8 Å². The van der Waals surface area contributed by atoms with Crippen LogP contribution in [0.15, 0.2) is 36.5 Å². The van der Waals surface area contributed by atoms with Crippen LogP contribution < -0.4 is 0 Å². The molecule has 0 heterocycles. The van der Waals surface area contributed by atoms with Crippen molar-refractivity contribution >= 4 is 17.9 Å². The van der Waals surface area contributed by atoms with Crippen molar-refractivity contribution in [3.63, 3.8) is 0 Å². The molecule has 0 rings (SSSR count). The standard InChI is InChI=1S/C6H14O3.3C4H6O2.C3H8/c7-3-1-2-6(4-8)5-9;3*1-3(2)4(5)6;1-3-2/h6-9H,1-5H2;3*1H2,2H3,(H,5,6);3H2,1-2H3. The fourth-order valence-electron chi connectivity index (χ4n) is 0.620. The first-order valence-corrected chi connectivity index (χ1v) is 9.18. The number of hydrogen-bond donors (Lipinski definition) is 6. The Bertz CT molecular complexity index is 400. The van der Waals surface area contributed by atoms with E-state index >= 15 is 0 Å². The lowest BCUT2D eigenvalue weighted by atomic mass is 10.1. The number of aliphatic carboxylic acids is 3. The van der Waals surface area contributed by atoms with E-state index < -0.39 is 17.9 Å². The van der Waals surface area contributed by atoms with Gasteiger partial charge >= 0.3 is 17.9 Å². The predicted molar refractivity (Wildman–Crippen MR) is 117 cm³/mol. The first-order chi connectivity index (χ1) is 13.7. The molecule has 0 aliphatic heterocycles. The van der Waals surface area contributed by atoms with E-state index in [-0.39, 0.29) is 42.5 Å². The molecule has 0 aliphatic carbocycles. The van der Waals surface area contributed by atoms with Gasteiger partial charge in [0, 0.05) is 42.5 Å². The van der Waals surface area contributed by atoms with E-state index in [2.05, 4.69) is 33.6 Å². The zero-order valence-corrected chi connectivity index (χ0v) is 18.8. The van der Waals surface area contributed by atoms with Gasteiger partial charge in [-0.3, -0.25) is 0 Å². The summed E-state index contributed by atoms with van der Waals surface area (Å²) >= 11 is 0. The third-order valence-corrected chi connectivity index (χ3v) is 2.38. The molecule has 6 N–H and O–H groups in total. The Morgan fingerprint density at radius 1 is 0.700 bits per heavy atom. The summed E-state index contributed by atoms with van der Waals surface area (Å²) in [6.45, 7) is 18.2. The summed E-state index contributed by atoms with van der Waals surface area (Å²) in [6.07, 6.45) is 2.61. The summed E-state index contributed by atoms with van der Waals surface area (Å²) in [5, 5.41) is 49.0. The van der Waals surface area contributed by atoms with Crippen molar-refractivity contribution < 1.29 is 45.0 Å². The van der Waals surface area contributed by atoms with Crippen molar-refractivity contribution in [1.29, 1.82) is 0 Å². The lowest BCUT2D eigenvalue weighted by Crippen LogP contribution is -2.11. The summed E-state index contributed by atoms with van der Waals surface area (Å²) in [4.78, 5) is 28.8. The largest absolute Gasteiger partial charge is 0.478 e. The Labute approximate surface area is 179 Å². The number of carboxylic acid groups (broad SMARTS) is 3. The maximum absolute atomic E-state index is 9.60. The topological polar surface area (TPSA) is 173 Å². The summed E-state index contributed by atoms with van der Waals surface area (Å²) < 4.78 is 0. The lowest BCUT2D eigenvalue weighted by Gasteiger charge is -2.07. The molecule has 0 atom stereocenters. The third-order valence-electron chi connectivity index (χ3n) is 2.38. The van der Waals surface area contributed by atoms with Crippen LogP contribution in [-0.2, 0) is 14.4 Å². The molecule has 0 amide bonds. The smallest absolute Gasteiger partial charge is 0.330 e. The molecular weight excluding hydrogens is 396 g/mol. The SMILES string of the molecule is C=C(C)C(=O)O.C=C(C)C(=O)O.C=C(C)C(=O)O.CCC.OCCCC(CO)CO. The number of rotatable bonds is 8. The molecular formula is C21H40O9. The van der Waals surface area contributed by atoms with Gasteiger partial charge in [0.25, 0.3) is 0 Å². The first-order valence-electron chi connectivity index (χ1n) is 9.18. The van der Waals surface area contributed by atoms with Gasteiger partial charge in [-0.25, -0.2) is 14.4 Å². The minimum Gasteiger partial charge on any atom is -0.478 e. The summed E-state index contributed by atoms with van der Waals surface area (Å²) in [6, 6.07) is 0. The van der Waals surface area contributed by atoms with Gasteiger partial charge in [0.15, 0.2) is 0 Å². The van der Waals surface area contributed by atoms with Crippen molar-refractivity contribution in [2.75, 3.05) is 19.8 Å². The summed E-state index contributed by atoms with van der Waals surface area (Å²) in [5.41, 5.74) is 0.528. The molecule has 0 spiro atoms. The number of aliphatic hydroxyl groups is 3. The molecule has 0 radical (unpaired) electrons. The molecule has 0 saturated heterocycles. The second-order valence-electron chi connectivity index (χ2n) is 6.06. The van der Waals surface area contributed by atoms with Crippen LogP contribution in [0, 0.1) is 5.92 Å². The van der Waals surface area contributed by atoms with Crippen LogP contribution in [0.1, 0.15) is 53.9 Å². The molecule has 30 heavy (non-hydrogen) atoms. The second-order valence-corrected chi connectivity index (χ2v) is 6.06. The van der Waals surface area contributed by atoms with Crippen LogP contribution in [0.2, 0.25) is 0 Å². The van der Waals surface area contributed by atoms with Gasteiger partial charge < -0.3 is 30.6 Å². The van der Waals surface area contributed by atoms with Crippen molar-refractivity contribution in [1.82, 2.24) is 0 Å². The van der Waals surface area contributed by atoms with Gasteiger partial charge in [0.1, 0.15) is 0 Å².